The number of rotatable bonds is 2. The number of imidazole rings is 1. The zero-order valence-electron chi connectivity index (χ0n) is 13.2. The number of nitrogens with two attached hydrogens (primary N) is 1. The molecule has 0 saturated heterocycles. The van der Waals surface area contributed by atoms with E-state index in [4.69, 9.17) is 10.7 Å². The van der Waals surface area contributed by atoms with E-state index in [1.54, 1.807) is 0 Å². The fourth-order valence-corrected chi connectivity index (χ4v) is 3.01. The number of fused-ring (bicyclic) bond motifs is 1. The molecule has 1 saturated carbocycles. The van der Waals surface area contributed by atoms with Gasteiger partial charge >= 0.3 is 0 Å². The van der Waals surface area contributed by atoms with Gasteiger partial charge in [-0.25, -0.2) is 4.98 Å². The van der Waals surface area contributed by atoms with Gasteiger partial charge in [0, 0.05) is 17.6 Å². The van der Waals surface area contributed by atoms with Crippen molar-refractivity contribution in [3.63, 3.8) is 0 Å². The van der Waals surface area contributed by atoms with Crippen molar-refractivity contribution in [2.24, 2.45) is 11.3 Å². The molecule has 1 unspecified atom stereocenters. The molecule has 0 bridgehead atoms. The van der Waals surface area contributed by atoms with Crippen LogP contribution in [0.15, 0.2) is 18.2 Å². The predicted molar refractivity (Wildman–Crippen MR) is 84.7 cm³/mol. The second-order valence-electron chi connectivity index (χ2n) is 7.93. The third-order valence-electron chi connectivity index (χ3n) is 4.56. The van der Waals surface area contributed by atoms with E-state index in [9.17, 15) is 0 Å². The van der Waals surface area contributed by atoms with Crippen LogP contribution in [0, 0.1) is 11.3 Å². The molecule has 20 heavy (non-hydrogen) atoms. The molecule has 2 aromatic rings. The van der Waals surface area contributed by atoms with Crippen LogP contribution in [-0.4, -0.2) is 9.55 Å². The summed E-state index contributed by atoms with van der Waals surface area (Å²) in [6.45, 7) is 12.5. The average molecular weight is 271 g/mol. The zero-order valence-corrected chi connectivity index (χ0v) is 13.2. The summed E-state index contributed by atoms with van der Waals surface area (Å²) in [5.41, 5.74) is 9.46. The Morgan fingerprint density at radius 2 is 2.00 bits per heavy atom. The van der Waals surface area contributed by atoms with Crippen LogP contribution in [0.25, 0.3) is 11.0 Å². The molecule has 0 amide bonds. The highest BCUT2D eigenvalue weighted by molar-refractivity contribution is 5.80. The normalized spacial score (nSPS) is 21.4. The zero-order chi connectivity index (χ0) is 14.7. The number of benzene rings is 1. The minimum atomic E-state index is 0.0484. The molecule has 3 rings (SSSR count). The van der Waals surface area contributed by atoms with Crippen LogP contribution in [-0.2, 0) is 12.0 Å². The average Bonchev–Trinajstić information content (AvgIpc) is 2.75. The number of nitrogens with zero attached hydrogens (tertiary/aromatic N) is 2. The Morgan fingerprint density at radius 1 is 1.35 bits per heavy atom. The van der Waals surface area contributed by atoms with Crippen LogP contribution in [0.1, 0.15) is 46.9 Å². The van der Waals surface area contributed by atoms with Crippen molar-refractivity contribution >= 4 is 16.7 Å². The van der Waals surface area contributed by atoms with Crippen molar-refractivity contribution in [2.75, 3.05) is 5.73 Å². The maximum Gasteiger partial charge on any atom is 0.115 e. The van der Waals surface area contributed by atoms with Crippen LogP contribution in [0.5, 0.6) is 0 Å². The molecule has 1 fully saturated rings. The Balaban J connectivity index is 2.11. The lowest BCUT2D eigenvalue weighted by Gasteiger charge is -2.20. The molecule has 108 valence electrons. The van der Waals surface area contributed by atoms with Crippen LogP contribution in [0.2, 0.25) is 0 Å². The summed E-state index contributed by atoms with van der Waals surface area (Å²) in [6.07, 6.45) is 1.31. The number of anilines is 1. The van der Waals surface area contributed by atoms with Gasteiger partial charge in [-0.1, -0.05) is 34.6 Å². The van der Waals surface area contributed by atoms with Crippen molar-refractivity contribution in [2.45, 2.75) is 53.0 Å². The van der Waals surface area contributed by atoms with E-state index in [1.807, 2.05) is 12.1 Å². The Labute approximate surface area is 121 Å². The molecule has 0 radical (unpaired) electrons. The summed E-state index contributed by atoms with van der Waals surface area (Å²) >= 11 is 0. The third kappa shape index (κ3) is 2.19. The van der Waals surface area contributed by atoms with E-state index in [2.05, 4.69) is 45.3 Å². The fraction of sp³-hybridized carbons (Fsp3) is 0.588. The molecule has 1 aliphatic rings. The van der Waals surface area contributed by atoms with Gasteiger partial charge in [0.05, 0.1) is 11.0 Å². The Kier molecular flexibility index (Phi) is 2.69. The van der Waals surface area contributed by atoms with Crippen molar-refractivity contribution < 1.29 is 0 Å². The number of nitrogen functional groups attached to an aromatic ring is 1. The minimum absolute atomic E-state index is 0.0484. The molecule has 1 aromatic carbocycles. The van der Waals surface area contributed by atoms with Gasteiger partial charge in [0.25, 0.3) is 0 Å². The van der Waals surface area contributed by atoms with Crippen LogP contribution >= 0.6 is 0 Å². The van der Waals surface area contributed by atoms with E-state index >= 15 is 0 Å². The highest BCUT2D eigenvalue weighted by atomic mass is 15.1. The highest BCUT2D eigenvalue weighted by Crippen LogP contribution is 2.53. The maximum atomic E-state index is 5.90. The van der Waals surface area contributed by atoms with Crippen molar-refractivity contribution in [3.8, 4) is 0 Å². The standard InChI is InChI=1S/C17H25N3/c1-16(2,3)15-19-13-8-12(18)6-7-14(13)20(15)10-11-9-17(11,4)5/h6-8,11H,9-10,18H2,1-5H3. The second-order valence-corrected chi connectivity index (χ2v) is 7.93. The monoisotopic (exact) mass is 271 g/mol. The summed E-state index contributed by atoms with van der Waals surface area (Å²) in [7, 11) is 0. The lowest BCUT2D eigenvalue weighted by Crippen LogP contribution is -2.20. The molecule has 3 nitrogen and oxygen atoms in total. The van der Waals surface area contributed by atoms with E-state index in [-0.39, 0.29) is 5.41 Å². The van der Waals surface area contributed by atoms with Gasteiger partial charge in [-0.2, -0.15) is 0 Å². The molecule has 1 heterocycles. The van der Waals surface area contributed by atoms with Crippen LogP contribution in [0.4, 0.5) is 5.69 Å². The summed E-state index contributed by atoms with van der Waals surface area (Å²) in [5, 5.41) is 0. The van der Waals surface area contributed by atoms with Crippen LogP contribution in [0.3, 0.4) is 0 Å². The quantitative estimate of drug-likeness (QED) is 0.840. The first-order valence-corrected chi connectivity index (χ1v) is 7.45. The lowest BCUT2D eigenvalue weighted by molar-refractivity contribution is 0.455. The number of aromatic nitrogens is 2. The topological polar surface area (TPSA) is 43.8 Å². The Bertz CT molecular complexity index is 659. The molecule has 1 atom stereocenters. The summed E-state index contributed by atoms with van der Waals surface area (Å²) < 4.78 is 2.41. The van der Waals surface area contributed by atoms with Gasteiger partial charge in [-0.05, 0) is 36.0 Å². The van der Waals surface area contributed by atoms with E-state index in [1.165, 1.54) is 17.8 Å². The minimum Gasteiger partial charge on any atom is -0.399 e. The maximum absolute atomic E-state index is 5.90. The van der Waals surface area contributed by atoms with Crippen molar-refractivity contribution in [3.05, 3.63) is 24.0 Å². The summed E-state index contributed by atoms with van der Waals surface area (Å²) in [6, 6.07) is 6.08. The van der Waals surface area contributed by atoms with E-state index in [0.717, 1.165) is 23.7 Å². The molecule has 2 N–H and O–H groups in total. The molecule has 1 aliphatic carbocycles. The molecule has 0 spiro atoms. The summed E-state index contributed by atoms with van der Waals surface area (Å²) in [4.78, 5) is 4.86. The van der Waals surface area contributed by atoms with E-state index in [0.29, 0.717) is 5.41 Å². The largest absolute Gasteiger partial charge is 0.399 e. The molecular weight excluding hydrogens is 246 g/mol. The first-order chi connectivity index (χ1) is 9.18. The van der Waals surface area contributed by atoms with Crippen molar-refractivity contribution in [1.82, 2.24) is 9.55 Å². The van der Waals surface area contributed by atoms with Crippen molar-refractivity contribution in [1.29, 1.82) is 0 Å². The van der Waals surface area contributed by atoms with Gasteiger partial charge in [-0.15, -0.1) is 0 Å². The molecule has 0 aliphatic heterocycles. The fourth-order valence-electron chi connectivity index (χ4n) is 3.01. The second kappa shape index (κ2) is 4.00. The predicted octanol–water partition coefficient (Wildman–Crippen LogP) is 3.96. The van der Waals surface area contributed by atoms with Gasteiger partial charge in [0.2, 0.25) is 0 Å². The number of hydrogen-bond donors (Lipinski definition) is 1. The van der Waals surface area contributed by atoms with E-state index < -0.39 is 0 Å². The smallest absolute Gasteiger partial charge is 0.115 e. The van der Waals surface area contributed by atoms with Gasteiger partial charge in [0.1, 0.15) is 5.82 Å². The van der Waals surface area contributed by atoms with Gasteiger partial charge in [0.15, 0.2) is 0 Å². The SMILES string of the molecule is CC(C)(C)c1nc2cc(N)ccc2n1CC1CC1(C)C. The number of hydrogen-bond acceptors (Lipinski definition) is 2. The first-order valence-electron chi connectivity index (χ1n) is 7.45. The Morgan fingerprint density at radius 3 is 2.55 bits per heavy atom. The molecule has 1 aromatic heterocycles. The summed E-state index contributed by atoms with van der Waals surface area (Å²) in [5.74, 6) is 1.93. The van der Waals surface area contributed by atoms with Gasteiger partial charge in [-0.3, -0.25) is 0 Å². The highest BCUT2D eigenvalue weighted by Gasteiger charge is 2.46. The van der Waals surface area contributed by atoms with Gasteiger partial charge < -0.3 is 10.3 Å². The lowest BCUT2D eigenvalue weighted by atomic mass is 9.95. The van der Waals surface area contributed by atoms with Crippen LogP contribution < -0.4 is 5.73 Å². The third-order valence-corrected chi connectivity index (χ3v) is 4.56. The molecule has 3 heteroatoms. The first kappa shape index (κ1) is 13.5. The molecular formula is C17H25N3. The Hall–Kier alpha value is -1.51.